The molecule has 1 aromatic heterocycles. The van der Waals surface area contributed by atoms with Gasteiger partial charge in [-0.05, 0) is 65.4 Å². The van der Waals surface area contributed by atoms with E-state index in [0.29, 0.717) is 12.2 Å². The molecule has 0 atom stereocenters. The van der Waals surface area contributed by atoms with Gasteiger partial charge in [-0.2, -0.15) is 0 Å². The molecule has 0 aliphatic rings. The largest absolute Gasteiger partial charge is 0.326 e. The summed E-state index contributed by atoms with van der Waals surface area (Å²) in [5.41, 5.74) is 2.53. The summed E-state index contributed by atoms with van der Waals surface area (Å²) in [4.78, 5) is 13.0. The van der Waals surface area contributed by atoms with Crippen LogP contribution in [0, 0.1) is 12.7 Å². The minimum absolute atomic E-state index is 0.0656. The molecule has 1 heterocycles. The molecule has 0 aliphatic heterocycles. The standard InChI is InChI=1S/C17H16FN5OS/c1-12-10-14(4-7-16(12)23-11-19-21-22-23)20-17(24)8-9-25-15-5-2-13(18)3-6-15/h2-7,10-11H,8-9H2,1H3,(H,20,24). The summed E-state index contributed by atoms with van der Waals surface area (Å²) < 4.78 is 14.4. The van der Waals surface area contributed by atoms with Gasteiger partial charge in [-0.25, -0.2) is 9.07 Å². The number of hydrogen-bond donors (Lipinski definition) is 1. The number of amides is 1. The Morgan fingerprint density at radius 1 is 1.24 bits per heavy atom. The number of aromatic nitrogens is 4. The summed E-state index contributed by atoms with van der Waals surface area (Å²) in [5.74, 6) is 0.297. The van der Waals surface area contributed by atoms with Crippen molar-refractivity contribution in [2.45, 2.75) is 18.2 Å². The van der Waals surface area contributed by atoms with E-state index < -0.39 is 0 Å². The van der Waals surface area contributed by atoms with Crippen molar-refractivity contribution in [2.24, 2.45) is 0 Å². The number of anilines is 1. The highest BCUT2D eigenvalue weighted by molar-refractivity contribution is 7.99. The minimum Gasteiger partial charge on any atom is -0.326 e. The Kier molecular flexibility index (Phi) is 5.39. The number of carbonyl (C=O) groups is 1. The molecule has 0 aliphatic carbocycles. The van der Waals surface area contributed by atoms with Crippen molar-refractivity contribution in [1.82, 2.24) is 20.2 Å². The Morgan fingerprint density at radius 2 is 2.04 bits per heavy atom. The second kappa shape index (κ2) is 7.89. The molecule has 0 saturated carbocycles. The van der Waals surface area contributed by atoms with E-state index in [1.165, 1.54) is 30.2 Å². The van der Waals surface area contributed by atoms with Crippen molar-refractivity contribution in [3.8, 4) is 5.69 Å². The molecule has 2 aromatic carbocycles. The summed E-state index contributed by atoms with van der Waals surface area (Å²) in [7, 11) is 0. The Hall–Kier alpha value is -2.74. The molecule has 1 N–H and O–H groups in total. The molecular formula is C17H16FN5OS. The summed E-state index contributed by atoms with van der Waals surface area (Å²) in [6, 6.07) is 11.8. The number of benzene rings is 2. The van der Waals surface area contributed by atoms with E-state index >= 15 is 0 Å². The van der Waals surface area contributed by atoms with Crippen molar-refractivity contribution in [1.29, 1.82) is 0 Å². The van der Waals surface area contributed by atoms with Crippen LogP contribution in [0.3, 0.4) is 0 Å². The highest BCUT2D eigenvalue weighted by Gasteiger charge is 2.07. The van der Waals surface area contributed by atoms with E-state index in [4.69, 9.17) is 0 Å². The van der Waals surface area contributed by atoms with Crippen LogP contribution in [0.5, 0.6) is 0 Å². The van der Waals surface area contributed by atoms with Gasteiger partial charge in [0, 0.05) is 22.8 Å². The van der Waals surface area contributed by atoms with Gasteiger partial charge in [-0.3, -0.25) is 4.79 Å². The molecule has 3 aromatic rings. The van der Waals surface area contributed by atoms with E-state index in [1.54, 1.807) is 16.8 Å². The van der Waals surface area contributed by atoms with Crippen LogP contribution >= 0.6 is 11.8 Å². The Balaban J connectivity index is 1.52. The van der Waals surface area contributed by atoms with Crippen molar-refractivity contribution in [3.63, 3.8) is 0 Å². The number of halogens is 1. The molecule has 1 amide bonds. The second-order valence-electron chi connectivity index (χ2n) is 5.36. The van der Waals surface area contributed by atoms with Gasteiger partial charge in [0.05, 0.1) is 5.69 Å². The molecule has 8 heteroatoms. The Labute approximate surface area is 148 Å². The average molecular weight is 357 g/mol. The maximum Gasteiger partial charge on any atom is 0.225 e. The maximum atomic E-state index is 12.8. The lowest BCUT2D eigenvalue weighted by Crippen LogP contribution is -2.12. The lowest BCUT2D eigenvalue weighted by molar-refractivity contribution is -0.115. The van der Waals surface area contributed by atoms with Crippen LogP contribution < -0.4 is 5.32 Å². The quantitative estimate of drug-likeness (QED) is 0.686. The van der Waals surface area contributed by atoms with Crippen LogP contribution in [0.1, 0.15) is 12.0 Å². The lowest BCUT2D eigenvalue weighted by Gasteiger charge is -2.09. The predicted molar refractivity (Wildman–Crippen MR) is 94.3 cm³/mol. The highest BCUT2D eigenvalue weighted by Crippen LogP contribution is 2.20. The van der Waals surface area contributed by atoms with Gasteiger partial charge in [0.2, 0.25) is 5.91 Å². The first-order valence-electron chi connectivity index (χ1n) is 7.64. The third-order valence-electron chi connectivity index (χ3n) is 3.49. The van der Waals surface area contributed by atoms with Crippen LogP contribution in [0.25, 0.3) is 5.69 Å². The van der Waals surface area contributed by atoms with Gasteiger partial charge in [0.1, 0.15) is 12.1 Å². The SMILES string of the molecule is Cc1cc(NC(=O)CCSc2ccc(F)cc2)ccc1-n1cnnn1. The van der Waals surface area contributed by atoms with E-state index in [-0.39, 0.29) is 11.7 Å². The fourth-order valence-corrected chi connectivity index (χ4v) is 3.13. The predicted octanol–water partition coefficient (Wildman–Crippen LogP) is 3.23. The van der Waals surface area contributed by atoms with Gasteiger partial charge >= 0.3 is 0 Å². The first-order chi connectivity index (χ1) is 12.1. The molecule has 25 heavy (non-hydrogen) atoms. The van der Waals surface area contributed by atoms with Crippen molar-refractivity contribution in [2.75, 3.05) is 11.1 Å². The van der Waals surface area contributed by atoms with Crippen molar-refractivity contribution >= 4 is 23.4 Å². The number of nitrogens with zero attached hydrogens (tertiary/aromatic N) is 4. The van der Waals surface area contributed by atoms with Crippen LogP contribution in [0.2, 0.25) is 0 Å². The van der Waals surface area contributed by atoms with Crippen LogP contribution in [0.4, 0.5) is 10.1 Å². The maximum absolute atomic E-state index is 12.8. The summed E-state index contributed by atoms with van der Waals surface area (Å²) in [5, 5.41) is 14.0. The fraction of sp³-hybridized carbons (Fsp3) is 0.176. The topological polar surface area (TPSA) is 72.7 Å². The third kappa shape index (κ3) is 4.63. The average Bonchev–Trinajstić information content (AvgIpc) is 3.11. The first kappa shape index (κ1) is 17.1. The number of tetrazole rings is 1. The lowest BCUT2D eigenvalue weighted by atomic mass is 10.2. The molecule has 6 nitrogen and oxygen atoms in total. The van der Waals surface area contributed by atoms with E-state index in [2.05, 4.69) is 20.8 Å². The molecule has 128 valence electrons. The van der Waals surface area contributed by atoms with Gasteiger partial charge in [-0.1, -0.05) is 0 Å². The molecule has 3 rings (SSSR count). The highest BCUT2D eigenvalue weighted by atomic mass is 32.2. The molecule has 0 spiro atoms. The van der Waals surface area contributed by atoms with E-state index in [9.17, 15) is 9.18 Å². The van der Waals surface area contributed by atoms with E-state index in [0.717, 1.165) is 21.8 Å². The number of aryl methyl sites for hydroxylation is 1. The molecule has 0 unspecified atom stereocenters. The smallest absolute Gasteiger partial charge is 0.225 e. The number of nitrogens with one attached hydrogen (secondary N) is 1. The minimum atomic E-state index is -0.261. The van der Waals surface area contributed by atoms with Gasteiger partial charge in [0.25, 0.3) is 0 Å². The third-order valence-corrected chi connectivity index (χ3v) is 4.50. The summed E-state index contributed by atoms with van der Waals surface area (Å²) in [6.45, 7) is 1.93. The zero-order valence-corrected chi connectivity index (χ0v) is 14.3. The van der Waals surface area contributed by atoms with Crippen LogP contribution in [0.15, 0.2) is 53.7 Å². The van der Waals surface area contributed by atoms with Crippen molar-refractivity contribution in [3.05, 3.63) is 60.2 Å². The number of thioether (sulfide) groups is 1. The molecule has 0 radical (unpaired) electrons. The monoisotopic (exact) mass is 357 g/mol. The van der Waals surface area contributed by atoms with Crippen molar-refractivity contribution < 1.29 is 9.18 Å². The summed E-state index contributed by atoms with van der Waals surface area (Å²) >= 11 is 1.52. The van der Waals surface area contributed by atoms with Crippen LogP contribution in [-0.2, 0) is 4.79 Å². The number of hydrogen-bond acceptors (Lipinski definition) is 5. The number of rotatable bonds is 6. The normalized spacial score (nSPS) is 10.6. The van der Waals surface area contributed by atoms with Gasteiger partial charge in [-0.15, -0.1) is 16.9 Å². The summed E-state index contributed by atoms with van der Waals surface area (Å²) in [6.07, 6.45) is 1.89. The van der Waals surface area contributed by atoms with E-state index in [1.807, 2.05) is 25.1 Å². The fourth-order valence-electron chi connectivity index (χ4n) is 2.28. The van der Waals surface area contributed by atoms with Gasteiger partial charge in [0.15, 0.2) is 0 Å². The second-order valence-corrected chi connectivity index (χ2v) is 6.52. The molecule has 0 bridgehead atoms. The molecule has 0 saturated heterocycles. The number of carbonyl (C=O) groups excluding carboxylic acids is 1. The molecule has 0 fully saturated rings. The van der Waals surface area contributed by atoms with Crippen LogP contribution in [-0.4, -0.2) is 31.9 Å². The zero-order valence-electron chi connectivity index (χ0n) is 13.5. The Morgan fingerprint density at radius 3 is 2.72 bits per heavy atom. The van der Waals surface area contributed by atoms with Gasteiger partial charge < -0.3 is 5.32 Å². The Bertz CT molecular complexity index is 852. The molecular weight excluding hydrogens is 341 g/mol. The zero-order chi connectivity index (χ0) is 17.6. The first-order valence-corrected chi connectivity index (χ1v) is 8.62.